The molecule has 2 heterocycles. The van der Waals surface area contributed by atoms with Gasteiger partial charge < -0.3 is 14.7 Å². The number of hydrogen-bond donors (Lipinski definition) is 2. The van der Waals surface area contributed by atoms with Gasteiger partial charge in [0.25, 0.3) is 15.9 Å². The van der Waals surface area contributed by atoms with E-state index in [1.54, 1.807) is 18.2 Å². The van der Waals surface area contributed by atoms with Crippen LogP contribution in [0.1, 0.15) is 101 Å². The summed E-state index contributed by atoms with van der Waals surface area (Å²) < 4.78 is 36.4. The van der Waals surface area contributed by atoms with E-state index in [2.05, 4.69) is 35.5 Å². The zero-order valence-corrected chi connectivity index (χ0v) is 29.7. The first-order valence-electron chi connectivity index (χ1n) is 16.9. The molecule has 5 rings (SSSR count). The number of nitrogens with zero attached hydrogens (tertiary/aromatic N) is 3. The van der Waals surface area contributed by atoms with Gasteiger partial charge in [0, 0.05) is 23.2 Å². The molecule has 47 heavy (non-hydrogen) atoms. The molecule has 254 valence electrons. The van der Waals surface area contributed by atoms with Crippen molar-refractivity contribution in [2.75, 3.05) is 11.3 Å². The van der Waals surface area contributed by atoms with Gasteiger partial charge in [0.2, 0.25) is 11.8 Å². The minimum atomic E-state index is -4.14. The summed E-state index contributed by atoms with van der Waals surface area (Å²) in [7, 11) is -4.14. The predicted octanol–water partition coefficient (Wildman–Crippen LogP) is 7.31. The van der Waals surface area contributed by atoms with Crippen LogP contribution in [0.15, 0.2) is 53.4 Å². The van der Waals surface area contributed by atoms with Crippen LogP contribution in [0.3, 0.4) is 0 Å². The summed E-state index contributed by atoms with van der Waals surface area (Å²) in [5, 5.41) is 11.3. The maximum Gasteiger partial charge on any atom is 0.264 e. The molecule has 10 heteroatoms. The van der Waals surface area contributed by atoms with Gasteiger partial charge in [-0.2, -0.15) is 4.98 Å². The van der Waals surface area contributed by atoms with Gasteiger partial charge in [-0.15, -0.1) is 0 Å². The van der Waals surface area contributed by atoms with Crippen molar-refractivity contribution in [2.45, 2.75) is 116 Å². The number of benzene rings is 2. The third kappa shape index (κ3) is 7.64. The van der Waals surface area contributed by atoms with Crippen LogP contribution >= 0.6 is 0 Å². The van der Waals surface area contributed by atoms with Crippen LogP contribution in [0.2, 0.25) is 0 Å². The fourth-order valence-corrected chi connectivity index (χ4v) is 8.48. The summed E-state index contributed by atoms with van der Waals surface area (Å²) in [5.74, 6) is 0.0718. The van der Waals surface area contributed by atoms with Gasteiger partial charge in [0.15, 0.2) is 0 Å². The Morgan fingerprint density at radius 1 is 0.957 bits per heavy atom. The fraction of sp³-hybridized carbons (Fsp3) is 0.541. The third-order valence-electron chi connectivity index (χ3n) is 10.0. The molecule has 2 aliphatic rings. The number of nitrogens with one attached hydrogen (secondary N) is 1. The monoisotopic (exact) mass is 662 g/mol. The van der Waals surface area contributed by atoms with E-state index in [1.807, 2.05) is 50.8 Å². The number of sulfonamides is 1. The first-order chi connectivity index (χ1) is 22.1. The number of carbonyl (C=O) groups excluding carboxylic acids is 1. The number of aliphatic hydroxyl groups is 1. The Hall–Kier alpha value is -3.50. The van der Waals surface area contributed by atoms with E-state index in [-0.39, 0.29) is 52.7 Å². The highest BCUT2D eigenvalue weighted by molar-refractivity contribution is 7.92. The molecule has 0 spiro atoms. The lowest BCUT2D eigenvalue weighted by Gasteiger charge is -2.45. The Morgan fingerprint density at radius 3 is 2.21 bits per heavy atom. The fourth-order valence-electron chi connectivity index (χ4n) is 7.49. The summed E-state index contributed by atoms with van der Waals surface area (Å²) in [5.41, 5.74) is 2.85. The highest BCUT2D eigenvalue weighted by Crippen LogP contribution is 2.40. The molecule has 2 aromatic carbocycles. The summed E-state index contributed by atoms with van der Waals surface area (Å²) in [6.07, 6.45) is 5.15. The number of anilines is 1. The number of amides is 1. The van der Waals surface area contributed by atoms with Crippen molar-refractivity contribution in [3.63, 3.8) is 0 Å². The highest BCUT2D eigenvalue weighted by atomic mass is 32.2. The molecule has 1 aliphatic carbocycles. The molecule has 0 radical (unpaired) electrons. The molecule has 0 unspecified atom stereocenters. The van der Waals surface area contributed by atoms with E-state index in [1.165, 1.54) is 12.1 Å². The number of aromatic nitrogens is 2. The summed E-state index contributed by atoms with van der Waals surface area (Å²) in [6.45, 7) is 14.7. The number of fused-ring (bicyclic) bond motifs is 4. The van der Waals surface area contributed by atoms with E-state index < -0.39 is 15.6 Å². The minimum absolute atomic E-state index is 0.0434. The first-order valence-corrected chi connectivity index (χ1v) is 18.4. The van der Waals surface area contributed by atoms with Crippen LogP contribution in [-0.4, -0.2) is 58.6 Å². The van der Waals surface area contributed by atoms with E-state index in [0.29, 0.717) is 30.5 Å². The number of hydrogen-bond acceptors (Lipinski definition) is 7. The number of ether oxygens (including phenoxy) is 1. The Kier molecular flexibility index (Phi) is 10.0. The smallest absolute Gasteiger partial charge is 0.264 e. The SMILES string of the molecule is CCC(O)(CC)C1CCC(N2C(=O)c3cccc(c3)S(=O)(=O)Nc3nc(cc(-c4c(C)cccc4C)n3)OC[C@H]2CC(C)(C)C)CC1. The summed E-state index contributed by atoms with van der Waals surface area (Å²) in [4.78, 5) is 25.6. The Balaban J connectivity index is 1.62. The van der Waals surface area contributed by atoms with Crippen molar-refractivity contribution in [1.82, 2.24) is 14.9 Å². The largest absolute Gasteiger partial charge is 0.475 e. The molecule has 1 aliphatic heterocycles. The average molecular weight is 663 g/mol. The van der Waals surface area contributed by atoms with Crippen molar-refractivity contribution in [3.05, 3.63) is 65.2 Å². The Bertz CT molecular complexity index is 1690. The molecule has 1 atom stereocenters. The molecule has 0 saturated heterocycles. The van der Waals surface area contributed by atoms with E-state index in [4.69, 9.17) is 4.74 Å². The molecule has 1 saturated carbocycles. The van der Waals surface area contributed by atoms with Crippen molar-refractivity contribution in [1.29, 1.82) is 0 Å². The van der Waals surface area contributed by atoms with Crippen LogP contribution in [0.4, 0.5) is 5.95 Å². The second kappa shape index (κ2) is 13.5. The molecule has 1 aromatic heterocycles. The number of carbonyl (C=O) groups is 1. The zero-order chi connectivity index (χ0) is 34.1. The van der Waals surface area contributed by atoms with Crippen LogP contribution in [0, 0.1) is 25.2 Å². The van der Waals surface area contributed by atoms with Crippen LogP contribution < -0.4 is 9.46 Å². The quantitative estimate of drug-likeness (QED) is 0.284. The Morgan fingerprint density at radius 2 is 1.60 bits per heavy atom. The molecular formula is C37H50N4O5S. The van der Waals surface area contributed by atoms with E-state index in [0.717, 1.165) is 42.4 Å². The van der Waals surface area contributed by atoms with Gasteiger partial charge in [0.1, 0.15) is 6.61 Å². The predicted molar refractivity (Wildman–Crippen MR) is 185 cm³/mol. The molecule has 3 aromatic rings. The highest BCUT2D eigenvalue weighted by Gasteiger charge is 2.41. The molecular weight excluding hydrogens is 612 g/mol. The van der Waals surface area contributed by atoms with Crippen LogP contribution in [0.5, 0.6) is 5.88 Å². The van der Waals surface area contributed by atoms with Gasteiger partial charge in [-0.1, -0.05) is 58.9 Å². The summed E-state index contributed by atoms with van der Waals surface area (Å²) in [6, 6.07) is 13.5. The number of aryl methyl sites for hydroxylation is 2. The number of rotatable bonds is 6. The van der Waals surface area contributed by atoms with Crippen LogP contribution in [-0.2, 0) is 10.0 Å². The standard InChI is InChI=1S/C37H50N4O5S/c1-8-37(43,9-2)27-16-18-28(19-17-27)41-29(22-36(5,6)7)23-46-32-21-31(33-24(3)12-10-13-25(33)4)38-35(39-32)40-47(44,45)30-15-11-14-26(20-30)34(41)42/h10-15,20-21,27-29,43H,8-9,16-19,22-23H2,1-7H3,(H,38,39,40)/t27?,28?,29-/m1/s1. The normalized spacial score (nSPS) is 21.9. The topological polar surface area (TPSA) is 122 Å². The average Bonchev–Trinajstić information content (AvgIpc) is 3.02. The van der Waals surface area contributed by atoms with Crippen LogP contribution in [0.25, 0.3) is 11.3 Å². The van der Waals surface area contributed by atoms with E-state index >= 15 is 0 Å². The lowest BCUT2D eigenvalue weighted by molar-refractivity contribution is -0.0504. The first kappa shape index (κ1) is 34.8. The van der Waals surface area contributed by atoms with Gasteiger partial charge in [-0.25, -0.2) is 18.1 Å². The minimum Gasteiger partial charge on any atom is -0.475 e. The zero-order valence-electron chi connectivity index (χ0n) is 28.8. The van der Waals surface area contributed by atoms with Gasteiger partial charge in [0.05, 0.1) is 22.2 Å². The lowest BCUT2D eigenvalue weighted by Crippen LogP contribution is -2.53. The maximum absolute atomic E-state index is 14.6. The molecule has 4 bridgehead atoms. The molecule has 2 N–H and O–H groups in total. The Labute approximate surface area is 280 Å². The second-order valence-electron chi connectivity index (χ2n) is 14.6. The molecule has 1 fully saturated rings. The van der Waals surface area contributed by atoms with Crippen molar-refractivity contribution < 1.29 is 23.1 Å². The van der Waals surface area contributed by atoms with Crippen molar-refractivity contribution >= 4 is 21.9 Å². The second-order valence-corrected chi connectivity index (χ2v) is 16.3. The lowest BCUT2D eigenvalue weighted by atomic mass is 9.72. The van der Waals surface area contributed by atoms with E-state index in [9.17, 15) is 18.3 Å². The third-order valence-corrected chi connectivity index (χ3v) is 11.4. The van der Waals surface area contributed by atoms with Gasteiger partial charge >= 0.3 is 0 Å². The van der Waals surface area contributed by atoms with Crippen molar-refractivity contribution in [3.8, 4) is 17.1 Å². The maximum atomic E-state index is 14.6. The molecule has 1 amide bonds. The van der Waals surface area contributed by atoms with Gasteiger partial charge in [-0.05, 0) is 99.5 Å². The van der Waals surface area contributed by atoms with Crippen molar-refractivity contribution in [2.24, 2.45) is 11.3 Å². The van der Waals surface area contributed by atoms with Gasteiger partial charge in [-0.3, -0.25) is 4.79 Å². The summed E-state index contributed by atoms with van der Waals surface area (Å²) >= 11 is 0. The molecule has 9 nitrogen and oxygen atoms in total.